The summed E-state index contributed by atoms with van der Waals surface area (Å²) in [6, 6.07) is 0. The fraction of sp³-hybridized carbons (Fsp3) is 0.846. The number of nitrogens with two attached hydrogens (primary N) is 1. The van der Waals surface area contributed by atoms with Crippen molar-refractivity contribution >= 4 is 0 Å². The Morgan fingerprint density at radius 1 is 1.44 bits per heavy atom. The topological polar surface area (TPSA) is 44.5 Å². The van der Waals surface area contributed by atoms with Crippen molar-refractivity contribution in [3.8, 4) is 0 Å². The lowest BCUT2D eigenvalue weighted by Crippen LogP contribution is -2.29. The fourth-order valence-electron chi connectivity index (χ4n) is 1.99. The van der Waals surface area contributed by atoms with Gasteiger partial charge in [-0.3, -0.25) is 0 Å². The Labute approximate surface area is 99.0 Å². The first-order valence-corrected chi connectivity index (χ1v) is 6.45. The Bertz CT molecular complexity index is 179. The lowest BCUT2D eigenvalue weighted by atomic mass is 10.1. The van der Waals surface area contributed by atoms with Crippen LogP contribution in [0.3, 0.4) is 0 Å². The molecule has 0 aliphatic carbocycles. The molecule has 2 N–H and O–H groups in total. The van der Waals surface area contributed by atoms with E-state index in [4.69, 9.17) is 15.2 Å². The van der Waals surface area contributed by atoms with Gasteiger partial charge in [0.2, 0.25) is 0 Å². The van der Waals surface area contributed by atoms with E-state index in [1.807, 2.05) is 6.08 Å². The molecule has 1 fully saturated rings. The Morgan fingerprint density at radius 2 is 2.31 bits per heavy atom. The molecule has 2 atom stereocenters. The molecule has 0 aromatic rings. The third-order valence-corrected chi connectivity index (χ3v) is 2.91. The van der Waals surface area contributed by atoms with Crippen molar-refractivity contribution < 1.29 is 9.47 Å². The number of hydrogen-bond donors (Lipinski definition) is 1. The van der Waals surface area contributed by atoms with E-state index in [1.54, 1.807) is 0 Å². The third-order valence-electron chi connectivity index (χ3n) is 2.91. The molecule has 0 radical (unpaired) electrons. The summed E-state index contributed by atoms with van der Waals surface area (Å²) in [5.74, 6) is 0. The molecule has 0 spiro atoms. The molecule has 2 unspecified atom stereocenters. The highest BCUT2D eigenvalue weighted by Crippen LogP contribution is 2.19. The lowest BCUT2D eigenvalue weighted by molar-refractivity contribution is -0.190. The van der Waals surface area contributed by atoms with Crippen LogP contribution in [0.15, 0.2) is 12.7 Å². The minimum absolute atomic E-state index is 0.00836. The zero-order valence-electron chi connectivity index (χ0n) is 10.2. The predicted octanol–water partition coefficient (Wildman–Crippen LogP) is 2.60. The van der Waals surface area contributed by atoms with Crippen molar-refractivity contribution in [2.75, 3.05) is 13.2 Å². The maximum Gasteiger partial charge on any atom is 0.157 e. The first kappa shape index (κ1) is 13.7. The van der Waals surface area contributed by atoms with Crippen LogP contribution in [-0.2, 0) is 9.47 Å². The van der Waals surface area contributed by atoms with Crippen molar-refractivity contribution in [1.29, 1.82) is 0 Å². The second kappa shape index (κ2) is 8.74. The van der Waals surface area contributed by atoms with Gasteiger partial charge in [-0.05, 0) is 51.5 Å². The normalized spacial score (nSPS) is 22.9. The van der Waals surface area contributed by atoms with Crippen molar-refractivity contribution in [2.24, 2.45) is 5.73 Å². The average molecular weight is 227 g/mol. The summed E-state index contributed by atoms with van der Waals surface area (Å²) in [5.41, 5.74) is 5.60. The first-order valence-electron chi connectivity index (χ1n) is 6.45. The van der Waals surface area contributed by atoms with Gasteiger partial charge in [0.05, 0.1) is 6.10 Å². The predicted molar refractivity (Wildman–Crippen MR) is 66.2 cm³/mol. The van der Waals surface area contributed by atoms with Crippen LogP contribution in [0.1, 0.15) is 44.9 Å². The van der Waals surface area contributed by atoms with Gasteiger partial charge in [-0.15, -0.1) is 6.58 Å². The molecule has 0 amide bonds. The molecular weight excluding hydrogens is 202 g/mol. The van der Waals surface area contributed by atoms with Crippen molar-refractivity contribution in [3.05, 3.63) is 12.7 Å². The second-order valence-corrected chi connectivity index (χ2v) is 4.35. The average Bonchev–Trinajstić information content (AvgIpc) is 2.31. The molecule has 1 saturated heterocycles. The molecule has 94 valence electrons. The highest BCUT2D eigenvalue weighted by atomic mass is 16.7. The summed E-state index contributed by atoms with van der Waals surface area (Å²) in [6.45, 7) is 5.25. The van der Waals surface area contributed by atoms with Gasteiger partial charge in [-0.25, -0.2) is 0 Å². The van der Waals surface area contributed by atoms with Crippen LogP contribution < -0.4 is 5.73 Å². The highest BCUT2D eigenvalue weighted by molar-refractivity contribution is 4.69. The molecule has 3 heteroatoms. The second-order valence-electron chi connectivity index (χ2n) is 4.35. The van der Waals surface area contributed by atoms with Gasteiger partial charge < -0.3 is 15.2 Å². The summed E-state index contributed by atoms with van der Waals surface area (Å²) in [6.07, 6.45) is 9.79. The number of unbranched alkanes of at least 4 members (excludes halogenated alkanes) is 1. The smallest absolute Gasteiger partial charge is 0.157 e. The van der Waals surface area contributed by atoms with Gasteiger partial charge in [-0.2, -0.15) is 0 Å². The van der Waals surface area contributed by atoms with Crippen LogP contribution in [0.4, 0.5) is 0 Å². The fourth-order valence-corrected chi connectivity index (χ4v) is 1.99. The minimum atomic E-state index is 0.00836. The summed E-state index contributed by atoms with van der Waals surface area (Å²) >= 11 is 0. The van der Waals surface area contributed by atoms with Crippen LogP contribution in [0, 0.1) is 0 Å². The lowest BCUT2D eigenvalue weighted by Gasteiger charge is -2.27. The standard InChI is InChI=1S/C13H25NO2/c1-2-3-4-7-12(9-10-14)16-13-8-5-6-11-15-13/h2,12-13H,1,3-11,14H2. The maximum atomic E-state index is 5.94. The van der Waals surface area contributed by atoms with Crippen LogP contribution in [-0.4, -0.2) is 25.5 Å². The molecule has 1 aliphatic rings. The molecule has 1 aliphatic heterocycles. The van der Waals surface area contributed by atoms with Gasteiger partial charge in [-0.1, -0.05) is 6.08 Å². The Balaban J connectivity index is 2.21. The third kappa shape index (κ3) is 5.64. The highest BCUT2D eigenvalue weighted by Gasteiger charge is 2.18. The van der Waals surface area contributed by atoms with E-state index in [-0.39, 0.29) is 12.4 Å². The molecule has 0 saturated carbocycles. The monoisotopic (exact) mass is 227 g/mol. The summed E-state index contributed by atoms with van der Waals surface area (Å²) in [4.78, 5) is 0. The van der Waals surface area contributed by atoms with Gasteiger partial charge in [0.15, 0.2) is 6.29 Å². The Morgan fingerprint density at radius 3 is 2.94 bits per heavy atom. The van der Waals surface area contributed by atoms with E-state index in [0.29, 0.717) is 6.54 Å². The van der Waals surface area contributed by atoms with Crippen molar-refractivity contribution in [3.63, 3.8) is 0 Å². The SMILES string of the molecule is C=CCCCC(CCN)OC1CCCCO1. The summed E-state index contributed by atoms with van der Waals surface area (Å²) < 4.78 is 11.5. The molecule has 0 aromatic carbocycles. The molecular formula is C13H25NO2. The van der Waals surface area contributed by atoms with Crippen molar-refractivity contribution in [2.45, 2.75) is 57.3 Å². The van der Waals surface area contributed by atoms with E-state index in [9.17, 15) is 0 Å². The minimum Gasteiger partial charge on any atom is -0.353 e. The number of allylic oxidation sites excluding steroid dienone is 1. The maximum absolute atomic E-state index is 5.94. The van der Waals surface area contributed by atoms with Crippen molar-refractivity contribution in [1.82, 2.24) is 0 Å². The van der Waals surface area contributed by atoms with Gasteiger partial charge in [0, 0.05) is 6.61 Å². The van der Waals surface area contributed by atoms with E-state index < -0.39 is 0 Å². The first-order chi connectivity index (χ1) is 7.86. The van der Waals surface area contributed by atoms with Crippen LogP contribution in [0.5, 0.6) is 0 Å². The zero-order chi connectivity index (χ0) is 11.6. The van der Waals surface area contributed by atoms with Crippen LogP contribution in [0.2, 0.25) is 0 Å². The molecule has 1 heterocycles. The van der Waals surface area contributed by atoms with E-state index in [1.165, 1.54) is 6.42 Å². The van der Waals surface area contributed by atoms with Crippen LogP contribution >= 0.6 is 0 Å². The van der Waals surface area contributed by atoms with E-state index >= 15 is 0 Å². The van der Waals surface area contributed by atoms with E-state index in [0.717, 1.165) is 45.1 Å². The molecule has 16 heavy (non-hydrogen) atoms. The number of ether oxygens (including phenoxy) is 2. The van der Waals surface area contributed by atoms with Crippen LogP contribution in [0.25, 0.3) is 0 Å². The number of hydrogen-bond acceptors (Lipinski definition) is 3. The molecule has 0 bridgehead atoms. The molecule has 0 aromatic heterocycles. The van der Waals surface area contributed by atoms with Gasteiger partial charge >= 0.3 is 0 Å². The molecule has 3 nitrogen and oxygen atoms in total. The molecule has 1 rings (SSSR count). The van der Waals surface area contributed by atoms with Gasteiger partial charge in [0.25, 0.3) is 0 Å². The Kier molecular flexibility index (Phi) is 7.47. The van der Waals surface area contributed by atoms with Gasteiger partial charge in [0.1, 0.15) is 0 Å². The summed E-state index contributed by atoms with van der Waals surface area (Å²) in [5, 5.41) is 0. The van der Waals surface area contributed by atoms with E-state index in [2.05, 4.69) is 6.58 Å². The Hall–Kier alpha value is -0.380. The largest absolute Gasteiger partial charge is 0.353 e. The quantitative estimate of drug-likeness (QED) is 0.512. The zero-order valence-corrected chi connectivity index (χ0v) is 10.2. The summed E-state index contributed by atoms with van der Waals surface area (Å²) in [7, 11) is 0. The number of rotatable bonds is 8.